The average Bonchev–Trinajstić information content (AvgIpc) is 3.24. The fourth-order valence-corrected chi connectivity index (χ4v) is 5.08. The molecule has 0 aliphatic heterocycles. The van der Waals surface area contributed by atoms with E-state index in [4.69, 9.17) is 9.97 Å². The summed E-state index contributed by atoms with van der Waals surface area (Å²) in [4.78, 5) is 24.2. The van der Waals surface area contributed by atoms with E-state index in [0.29, 0.717) is 18.0 Å². The molecule has 2 fully saturated rings. The molecule has 154 valence electrons. The summed E-state index contributed by atoms with van der Waals surface area (Å²) in [5, 5.41) is 6.90. The Bertz CT molecular complexity index is 690. The van der Waals surface area contributed by atoms with Gasteiger partial charge in [-0.25, -0.2) is 4.98 Å². The van der Waals surface area contributed by atoms with Gasteiger partial charge in [0.25, 0.3) is 0 Å². The van der Waals surface area contributed by atoms with E-state index in [1.165, 1.54) is 36.9 Å². The Balaban J connectivity index is 1.33. The predicted octanol–water partition coefficient (Wildman–Crippen LogP) is 3.45. The molecule has 2 N–H and O–H groups in total. The zero-order chi connectivity index (χ0) is 19.5. The molecule has 0 atom stereocenters. The van der Waals surface area contributed by atoms with Crippen LogP contribution < -0.4 is 15.5 Å². The van der Waals surface area contributed by atoms with Crippen LogP contribution in [0.25, 0.3) is 0 Å². The molecular weight excluding hydrogens is 350 g/mol. The normalized spacial score (nSPS) is 25.2. The van der Waals surface area contributed by atoms with Gasteiger partial charge in [0.1, 0.15) is 5.82 Å². The molecule has 0 unspecified atom stereocenters. The maximum atomic E-state index is 12.4. The number of aryl methyl sites for hydroxylation is 1. The molecule has 0 bridgehead atoms. The average molecular weight is 386 g/mol. The summed E-state index contributed by atoms with van der Waals surface area (Å²) in [5.41, 5.74) is 2.56. The molecule has 1 amide bonds. The molecular formula is C22H35N5O. The summed E-state index contributed by atoms with van der Waals surface area (Å²) in [6.07, 6.45) is 13.4. The summed E-state index contributed by atoms with van der Waals surface area (Å²) in [6, 6.07) is 0.740. The molecule has 6 heteroatoms. The molecule has 0 aromatic carbocycles. The summed E-state index contributed by atoms with van der Waals surface area (Å²) in [7, 11) is 4.14. The van der Waals surface area contributed by atoms with E-state index >= 15 is 0 Å². The second-order valence-electron chi connectivity index (χ2n) is 9.08. The molecule has 1 heterocycles. The van der Waals surface area contributed by atoms with E-state index in [0.717, 1.165) is 63.1 Å². The van der Waals surface area contributed by atoms with Crippen molar-refractivity contribution in [3.05, 3.63) is 11.3 Å². The molecule has 3 aliphatic rings. The third-order valence-electron chi connectivity index (χ3n) is 6.72. The van der Waals surface area contributed by atoms with Crippen molar-refractivity contribution in [3.63, 3.8) is 0 Å². The van der Waals surface area contributed by atoms with Gasteiger partial charge in [-0.3, -0.25) is 4.79 Å². The first kappa shape index (κ1) is 19.5. The molecule has 0 radical (unpaired) electrons. The van der Waals surface area contributed by atoms with Crippen molar-refractivity contribution < 1.29 is 4.79 Å². The second-order valence-corrected chi connectivity index (χ2v) is 9.08. The van der Waals surface area contributed by atoms with Crippen LogP contribution in [0.4, 0.5) is 11.8 Å². The number of nitrogens with zero attached hydrogens (tertiary/aromatic N) is 3. The number of hydrogen-bond acceptors (Lipinski definition) is 5. The quantitative estimate of drug-likeness (QED) is 0.812. The standard InChI is InChI=1S/C22H35N5O/c1-27(2)20-18-9-5-6-10-19(18)25-22(26-20)24-17-13-11-16(12-14-17)23-21(28)15-7-3-4-8-15/h15-17H,3-14H2,1-2H3,(H,23,28)(H,24,25,26). The molecule has 0 saturated heterocycles. The molecule has 1 aromatic heterocycles. The Hall–Kier alpha value is -1.85. The number of nitrogens with one attached hydrogen (secondary N) is 2. The first-order valence-corrected chi connectivity index (χ1v) is 11.2. The van der Waals surface area contributed by atoms with E-state index in [2.05, 4.69) is 29.6 Å². The van der Waals surface area contributed by atoms with Crippen LogP contribution in [-0.2, 0) is 17.6 Å². The van der Waals surface area contributed by atoms with Gasteiger partial charge in [0, 0.05) is 37.7 Å². The monoisotopic (exact) mass is 385 g/mol. The highest BCUT2D eigenvalue weighted by Crippen LogP contribution is 2.30. The minimum absolute atomic E-state index is 0.268. The largest absolute Gasteiger partial charge is 0.362 e. The number of fused-ring (bicyclic) bond motifs is 1. The highest BCUT2D eigenvalue weighted by Gasteiger charge is 2.28. The van der Waals surface area contributed by atoms with Crippen molar-refractivity contribution in [3.8, 4) is 0 Å². The number of anilines is 2. The minimum Gasteiger partial charge on any atom is -0.362 e. The molecule has 6 nitrogen and oxygen atoms in total. The first-order valence-electron chi connectivity index (χ1n) is 11.2. The van der Waals surface area contributed by atoms with Crippen LogP contribution in [0.5, 0.6) is 0 Å². The number of rotatable bonds is 5. The lowest BCUT2D eigenvalue weighted by Gasteiger charge is -2.31. The highest BCUT2D eigenvalue weighted by atomic mass is 16.1. The van der Waals surface area contributed by atoms with E-state index in [1.54, 1.807) is 0 Å². The number of amides is 1. The van der Waals surface area contributed by atoms with Crippen LogP contribution in [-0.4, -0.2) is 42.1 Å². The van der Waals surface area contributed by atoms with Crippen molar-refractivity contribution in [2.24, 2.45) is 5.92 Å². The first-order chi connectivity index (χ1) is 13.6. The fourth-order valence-electron chi connectivity index (χ4n) is 5.08. The molecule has 1 aromatic rings. The van der Waals surface area contributed by atoms with Gasteiger partial charge in [-0.15, -0.1) is 0 Å². The molecule has 28 heavy (non-hydrogen) atoms. The lowest BCUT2D eigenvalue weighted by molar-refractivity contribution is -0.125. The van der Waals surface area contributed by atoms with Crippen LogP contribution >= 0.6 is 0 Å². The van der Waals surface area contributed by atoms with Crippen molar-refractivity contribution in [1.29, 1.82) is 0 Å². The maximum Gasteiger partial charge on any atom is 0.225 e. The van der Waals surface area contributed by atoms with Gasteiger partial charge in [-0.1, -0.05) is 12.8 Å². The lowest BCUT2D eigenvalue weighted by Crippen LogP contribution is -2.42. The summed E-state index contributed by atoms with van der Waals surface area (Å²) < 4.78 is 0. The lowest BCUT2D eigenvalue weighted by atomic mass is 9.90. The van der Waals surface area contributed by atoms with E-state index in [-0.39, 0.29) is 5.92 Å². The number of hydrogen-bond donors (Lipinski definition) is 2. The Labute approximate surface area is 168 Å². The van der Waals surface area contributed by atoms with Gasteiger partial charge in [0.2, 0.25) is 11.9 Å². The van der Waals surface area contributed by atoms with Gasteiger partial charge in [-0.05, 0) is 64.2 Å². The highest BCUT2D eigenvalue weighted by molar-refractivity contribution is 5.79. The van der Waals surface area contributed by atoms with Crippen LogP contribution in [0.15, 0.2) is 0 Å². The zero-order valence-corrected chi connectivity index (χ0v) is 17.5. The van der Waals surface area contributed by atoms with Crippen LogP contribution in [0, 0.1) is 5.92 Å². The second kappa shape index (κ2) is 8.66. The van der Waals surface area contributed by atoms with Gasteiger partial charge in [0.05, 0.1) is 5.69 Å². The molecule has 4 rings (SSSR count). The van der Waals surface area contributed by atoms with Crippen LogP contribution in [0.3, 0.4) is 0 Å². The number of carbonyl (C=O) groups excluding carboxylic acids is 1. The summed E-state index contributed by atoms with van der Waals surface area (Å²) in [5.74, 6) is 2.42. The van der Waals surface area contributed by atoms with Crippen LogP contribution in [0.1, 0.15) is 75.5 Å². The van der Waals surface area contributed by atoms with Gasteiger partial charge in [0.15, 0.2) is 0 Å². The molecule has 2 saturated carbocycles. The summed E-state index contributed by atoms with van der Waals surface area (Å²) in [6.45, 7) is 0. The SMILES string of the molecule is CN(C)c1nc(NC2CCC(NC(=O)C3CCCC3)CC2)nc2c1CCCC2. The van der Waals surface area contributed by atoms with Crippen molar-refractivity contribution in [1.82, 2.24) is 15.3 Å². The topological polar surface area (TPSA) is 70.2 Å². The third-order valence-corrected chi connectivity index (χ3v) is 6.72. The Morgan fingerprint density at radius 2 is 1.57 bits per heavy atom. The van der Waals surface area contributed by atoms with Crippen molar-refractivity contribution >= 4 is 17.7 Å². The van der Waals surface area contributed by atoms with Gasteiger partial charge >= 0.3 is 0 Å². The smallest absolute Gasteiger partial charge is 0.225 e. The Kier molecular flexibility index (Phi) is 6.02. The van der Waals surface area contributed by atoms with E-state index < -0.39 is 0 Å². The Morgan fingerprint density at radius 3 is 2.29 bits per heavy atom. The fraction of sp³-hybridized carbons (Fsp3) is 0.773. The van der Waals surface area contributed by atoms with E-state index in [1.807, 2.05) is 0 Å². The van der Waals surface area contributed by atoms with Crippen molar-refractivity contribution in [2.45, 2.75) is 89.1 Å². The predicted molar refractivity (Wildman–Crippen MR) is 113 cm³/mol. The third kappa shape index (κ3) is 4.41. The Morgan fingerprint density at radius 1 is 0.893 bits per heavy atom. The van der Waals surface area contributed by atoms with E-state index in [9.17, 15) is 4.79 Å². The van der Waals surface area contributed by atoms with Crippen LogP contribution in [0.2, 0.25) is 0 Å². The zero-order valence-electron chi connectivity index (χ0n) is 17.5. The maximum absolute atomic E-state index is 12.4. The van der Waals surface area contributed by atoms with Gasteiger partial charge < -0.3 is 15.5 Å². The number of aromatic nitrogens is 2. The minimum atomic E-state index is 0.268. The molecule has 3 aliphatic carbocycles. The van der Waals surface area contributed by atoms with Gasteiger partial charge in [-0.2, -0.15) is 4.98 Å². The van der Waals surface area contributed by atoms with Crippen molar-refractivity contribution in [2.75, 3.05) is 24.3 Å². The summed E-state index contributed by atoms with van der Waals surface area (Å²) >= 11 is 0. The number of carbonyl (C=O) groups is 1. The molecule has 0 spiro atoms.